The average molecular weight is 397 g/mol. The molecule has 3 nitrogen and oxygen atoms in total. The van der Waals surface area contributed by atoms with Gasteiger partial charge in [0.2, 0.25) is 0 Å². The number of hydrogen-bond acceptors (Lipinski definition) is 3. The summed E-state index contributed by atoms with van der Waals surface area (Å²) in [5, 5.41) is 3.61. The molecular formula is C27H28N2O. The van der Waals surface area contributed by atoms with Gasteiger partial charge in [0.05, 0.1) is 0 Å². The Morgan fingerprint density at radius 2 is 1.73 bits per heavy atom. The molecule has 0 bridgehead atoms. The van der Waals surface area contributed by atoms with Crippen LogP contribution in [0, 0.1) is 0 Å². The lowest BCUT2D eigenvalue weighted by Crippen LogP contribution is -2.39. The minimum atomic E-state index is 0.535. The Hall–Kier alpha value is -3.07. The van der Waals surface area contributed by atoms with Gasteiger partial charge in [-0.2, -0.15) is 0 Å². The molecule has 1 saturated heterocycles. The maximum absolute atomic E-state index is 6.33. The summed E-state index contributed by atoms with van der Waals surface area (Å²) < 4.78 is 6.33. The van der Waals surface area contributed by atoms with Crippen LogP contribution in [-0.4, -0.2) is 17.6 Å². The van der Waals surface area contributed by atoms with Crippen molar-refractivity contribution in [2.75, 3.05) is 11.4 Å². The lowest BCUT2D eigenvalue weighted by molar-refractivity contribution is 0.311. The molecule has 5 rings (SSSR count). The average Bonchev–Trinajstić information content (AvgIpc) is 2.82. The molecule has 1 unspecified atom stereocenters. The number of benzene rings is 3. The molecule has 0 spiro atoms. The molecule has 1 aliphatic heterocycles. The van der Waals surface area contributed by atoms with E-state index in [1.54, 1.807) is 0 Å². The molecule has 1 fully saturated rings. The van der Waals surface area contributed by atoms with Crippen LogP contribution < -0.4 is 9.64 Å². The van der Waals surface area contributed by atoms with Crippen LogP contribution in [0.5, 0.6) is 5.75 Å². The van der Waals surface area contributed by atoms with Gasteiger partial charge in [-0.1, -0.05) is 61.5 Å². The van der Waals surface area contributed by atoms with Crippen LogP contribution >= 0.6 is 0 Å². The molecule has 152 valence electrons. The lowest BCUT2D eigenvalue weighted by atomic mass is 10.00. The maximum Gasteiger partial charge on any atom is 0.146 e. The maximum atomic E-state index is 6.33. The van der Waals surface area contributed by atoms with Gasteiger partial charge in [0.1, 0.15) is 23.7 Å². The van der Waals surface area contributed by atoms with E-state index in [4.69, 9.17) is 9.72 Å². The van der Waals surface area contributed by atoms with Gasteiger partial charge in [-0.05, 0) is 60.2 Å². The van der Waals surface area contributed by atoms with Crippen molar-refractivity contribution in [2.45, 2.75) is 45.3 Å². The van der Waals surface area contributed by atoms with Crippen molar-refractivity contribution in [3.05, 3.63) is 78.4 Å². The van der Waals surface area contributed by atoms with Gasteiger partial charge in [-0.25, -0.2) is 4.98 Å². The van der Waals surface area contributed by atoms with E-state index in [0.29, 0.717) is 12.6 Å². The number of anilines is 1. The predicted octanol–water partition coefficient (Wildman–Crippen LogP) is 6.74. The Morgan fingerprint density at radius 3 is 2.67 bits per heavy atom. The zero-order valence-electron chi connectivity index (χ0n) is 17.6. The highest BCUT2D eigenvalue weighted by Gasteiger charge is 2.22. The summed E-state index contributed by atoms with van der Waals surface area (Å²) in [5.41, 5.74) is 2.15. The molecule has 0 aliphatic carbocycles. The fraction of sp³-hybridized carbons (Fsp3) is 0.296. The molecule has 0 amide bonds. The first-order valence-electron chi connectivity index (χ1n) is 11.1. The number of fused-ring (bicyclic) bond motifs is 2. The molecular weight excluding hydrogens is 368 g/mol. The van der Waals surface area contributed by atoms with Crippen molar-refractivity contribution >= 4 is 27.5 Å². The molecule has 0 radical (unpaired) electrons. The van der Waals surface area contributed by atoms with Gasteiger partial charge in [0.25, 0.3) is 0 Å². The first-order chi connectivity index (χ1) is 14.8. The number of nitrogens with zero attached hydrogens (tertiary/aromatic N) is 2. The van der Waals surface area contributed by atoms with E-state index in [-0.39, 0.29) is 0 Å². The normalized spacial score (nSPS) is 16.8. The second kappa shape index (κ2) is 8.35. The Bertz CT molecular complexity index is 1160. The van der Waals surface area contributed by atoms with Crippen LogP contribution in [0.1, 0.15) is 38.2 Å². The van der Waals surface area contributed by atoms with Gasteiger partial charge in [0.15, 0.2) is 0 Å². The highest BCUT2D eigenvalue weighted by molar-refractivity contribution is 5.87. The number of ether oxygens (including phenoxy) is 1. The number of piperidine rings is 1. The number of para-hydroxylation sites is 1. The third kappa shape index (κ3) is 3.60. The van der Waals surface area contributed by atoms with E-state index in [9.17, 15) is 0 Å². The molecule has 1 atom stereocenters. The van der Waals surface area contributed by atoms with Crippen molar-refractivity contribution in [3.63, 3.8) is 0 Å². The Morgan fingerprint density at radius 1 is 0.900 bits per heavy atom. The van der Waals surface area contributed by atoms with Gasteiger partial charge < -0.3 is 9.64 Å². The van der Waals surface area contributed by atoms with E-state index >= 15 is 0 Å². The van der Waals surface area contributed by atoms with Crippen molar-refractivity contribution in [2.24, 2.45) is 0 Å². The Labute approximate surface area is 178 Å². The molecule has 2 heterocycles. The van der Waals surface area contributed by atoms with E-state index < -0.39 is 0 Å². The van der Waals surface area contributed by atoms with Gasteiger partial charge in [-0.15, -0.1) is 0 Å². The highest BCUT2D eigenvalue weighted by Crippen LogP contribution is 2.31. The topological polar surface area (TPSA) is 25.4 Å². The zero-order chi connectivity index (χ0) is 20.3. The summed E-state index contributed by atoms with van der Waals surface area (Å²) >= 11 is 0. The van der Waals surface area contributed by atoms with Gasteiger partial charge in [0, 0.05) is 18.0 Å². The van der Waals surface area contributed by atoms with Crippen LogP contribution in [0.4, 0.5) is 5.82 Å². The van der Waals surface area contributed by atoms with E-state index in [2.05, 4.69) is 78.6 Å². The van der Waals surface area contributed by atoms with Crippen LogP contribution in [0.15, 0.2) is 72.8 Å². The minimum Gasteiger partial charge on any atom is -0.487 e. The van der Waals surface area contributed by atoms with Crippen LogP contribution in [0.25, 0.3) is 21.7 Å². The minimum absolute atomic E-state index is 0.535. The van der Waals surface area contributed by atoms with E-state index in [1.807, 2.05) is 6.07 Å². The highest BCUT2D eigenvalue weighted by atomic mass is 16.5. The summed E-state index contributed by atoms with van der Waals surface area (Å²) in [4.78, 5) is 7.56. The third-order valence-corrected chi connectivity index (χ3v) is 6.32. The SMILES string of the molecule is CCC1CCCCN1c1ccc2cccc(OCc3cccc4ccccc34)c2n1. The Kier molecular flexibility index (Phi) is 5.27. The predicted molar refractivity (Wildman–Crippen MR) is 125 cm³/mol. The standard InChI is InChI=1S/C27H28N2O/c1-2-23-13-5-6-18-29(23)26-17-16-21-11-8-15-25(27(21)28-26)30-19-22-12-7-10-20-9-3-4-14-24(20)22/h3-4,7-12,14-17,23H,2,5-6,13,18-19H2,1H3. The zero-order valence-corrected chi connectivity index (χ0v) is 17.6. The second-order valence-electron chi connectivity index (χ2n) is 8.18. The van der Waals surface area contributed by atoms with Gasteiger partial charge >= 0.3 is 0 Å². The molecule has 1 aromatic heterocycles. The second-order valence-corrected chi connectivity index (χ2v) is 8.18. The quantitative estimate of drug-likeness (QED) is 0.374. The van der Waals surface area contributed by atoms with Crippen LogP contribution in [0.2, 0.25) is 0 Å². The van der Waals surface area contributed by atoms with Gasteiger partial charge in [-0.3, -0.25) is 0 Å². The summed E-state index contributed by atoms with van der Waals surface area (Å²) in [6, 6.07) is 26.0. The fourth-order valence-corrected chi connectivity index (χ4v) is 4.69. The molecule has 0 N–H and O–H groups in total. The largest absolute Gasteiger partial charge is 0.487 e. The molecule has 1 aliphatic rings. The van der Waals surface area contributed by atoms with Crippen LogP contribution in [-0.2, 0) is 6.61 Å². The summed E-state index contributed by atoms with van der Waals surface area (Å²) in [7, 11) is 0. The first-order valence-corrected chi connectivity index (χ1v) is 11.1. The number of hydrogen-bond donors (Lipinski definition) is 0. The summed E-state index contributed by atoms with van der Waals surface area (Å²) in [6.45, 7) is 3.91. The summed E-state index contributed by atoms with van der Waals surface area (Å²) in [6.07, 6.45) is 4.99. The van der Waals surface area contributed by atoms with Crippen molar-refractivity contribution < 1.29 is 4.74 Å². The smallest absolute Gasteiger partial charge is 0.146 e. The van der Waals surface area contributed by atoms with E-state index in [1.165, 1.54) is 42.0 Å². The van der Waals surface area contributed by atoms with Crippen LogP contribution in [0.3, 0.4) is 0 Å². The molecule has 3 aromatic carbocycles. The lowest BCUT2D eigenvalue weighted by Gasteiger charge is -2.36. The van der Waals surface area contributed by atoms with Crippen molar-refractivity contribution in [3.8, 4) is 5.75 Å². The number of pyridine rings is 1. The number of aromatic nitrogens is 1. The van der Waals surface area contributed by atoms with Crippen molar-refractivity contribution in [1.29, 1.82) is 0 Å². The molecule has 3 heteroatoms. The molecule has 4 aromatic rings. The molecule has 30 heavy (non-hydrogen) atoms. The third-order valence-electron chi connectivity index (χ3n) is 6.32. The van der Waals surface area contributed by atoms with Crippen molar-refractivity contribution in [1.82, 2.24) is 4.98 Å². The Balaban J connectivity index is 1.47. The number of rotatable bonds is 5. The summed E-state index contributed by atoms with van der Waals surface area (Å²) in [5.74, 6) is 1.93. The fourth-order valence-electron chi connectivity index (χ4n) is 4.69. The monoisotopic (exact) mass is 396 g/mol. The molecule has 0 saturated carbocycles. The van der Waals surface area contributed by atoms with E-state index in [0.717, 1.165) is 29.0 Å². The first kappa shape index (κ1) is 18.9.